The fourth-order valence-corrected chi connectivity index (χ4v) is 2.79. The second-order valence-electron chi connectivity index (χ2n) is 5.63. The third-order valence-corrected chi connectivity index (χ3v) is 4.16. The average molecular weight is 358 g/mol. The van der Waals surface area contributed by atoms with Crippen molar-refractivity contribution in [2.45, 2.75) is 20.3 Å². The van der Waals surface area contributed by atoms with Gasteiger partial charge in [0.1, 0.15) is 11.3 Å². The number of fused-ring (bicyclic) bond motifs is 1. The number of aromatic nitrogens is 2. The Morgan fingerprint density at radius 2 is 2.04 bits per heavy atom. The number of halogens is 1. The van der Waals surface area contributed by atoms with Crippen LogP contribution in [0.4, 0.5) is 5.69 Å². The van der Waals surface area contributed by atoms with Crippen molar-refractivity contribution < 1.29 is 14.7 Å². The molecular formula is C18H16ClN3O3. The second kappa shape index (κ2) is 6.57. The number of anilines is 1. The van der Waals surface area contributed by atoms with Crippen LogP contribution < -0.4 is 5.32 Å². The Morgan fingerprint density at radius 3 is 2.72 bits per heavy atom. The number of aromatic carboxylic acids is 1. The molecule has 0 aliphatic carbocycles. The summed E-state index contributed by atoms with van der Waals surface area (Å²) in [5, 5.41) is 12.4. The van der Waals surface area contributed by atoms with E-state index < -0.39 is 5.97 Å². The molecule has 3 rings (SSSR count). The number of nitrogens with one attached hydrogen (secondary N) is 1. The predicted octanol–water partition coefficient (Wildman–Crippen LogP) is 3.81. The number of imidazole rings is 1. The first-order valence-electron chi connectivity index (χ1n) is 7.72. The summed E-state index contributed by atoms with van der Waals surface area (Å²) in [5.41, 5.74) is 2.99. The van der Waals surface area contributed by atoms with E-state index >= 15 is 0 Å². The van der Waals surface area contributed by atoms with E-state index in [-0.39, 0.29) is 11.5 Å². The number of amides is 1. The zero-order valence-electron chi connectivity index (χ0n) is 13.7. The standard InChI is InChI=1S/C18H16ClN3O3/c1-3-13-16(22-9-12(19)6-7-15(22)20-13)17(23)21-14-8-11(18(24)25)5-4-10(14)2/h4-9H,3H2,1-2H3,(H,21,23)(H,24,25). The average Bonchev–Trinajstić information content (AvgIpc) is 2.94. The van der Waals surface area contributed by atoms with E-state index in [1.165, 1.54) is 12.1 Å². The van der Waals surface area contributed by atoms with Crippen LogP contribution in [-0.4, -0.2) is 26.4 Å². The topological polar surface area (TPSA) is 83.7 Å². The van der Waals surface area contributed by atoms with Crippen molar-refractivity contribution in [1.29, 1.82) is 0 Å². The summed E-state index contributed by atoms with van der Waals surface area (Å²) in [6.45, 7) is 3.71. The fraction of sp³-hybridized carbons (Fsp3) is 0.167. The normalized spacial score (nSPS) is 10.8. The Hall–Kier alpha value is -2.86. The Balaban J connectivity index is 2.05. The minimum Gasteiger partial charge on any atom is -0.478 e. The Morgan fingerprint density at radius 1 is 1.28 bits per heavy atom. The molecule has 0 aliphatic heterocycles. The number of carboxylic acid groups (broad SMARTS) is 1. The van der Waals surface area contributed by atoms with E-state index in [0.29, 0.717) is 34.2 Å². The number of carbonyl (C=O) groups is 2. The van der Waals surface area contributed by atoms with Gasteiger partial charge in [0, 0.05) is 11.9 Å². The second-order valence-corrected chi connectivity index (χ2v) is 6.06. The van der Waals surface area contributed by atoms with Gasteiger partial charge in [0.05, 0.1) is 16.3 Å². The van der Waals surface area contributed by atoms with E-state index in [0.717, 1.165) is 5.56 Å². The third-order valence-electron chi connectivity index (χ3n) is 3.94. The maximum Gasteiger partial charge on any atom is 0.335 e. The smallest absolute Gasteiger partial charge is 0.335 e. The van der Waals surface area contributed by atoms with Gasteiger partial charge in [-0.15, -0.1) is 0 Å². The molecule has 6 nitrogen and oxygen atoms in total. The van der Waals surface area contributed by atoms with E-state index in [4.69, 9.17) is 16.7 Å². The van der Waals surface area contributed by atoms with Gasteiger partial charge in [-0.25, -0.2) is 9.78 Å². The number of carboxylic acids is 1. The summed E-state index contributed by atoms with van der Waals surface area (Å²) in [5.74, 6) is -1.41. The van der Waals surface area contributed by atoms with Crippen LogP contribution in [-0.2, 0) is 6.42 Å². The van der Waals surface area contributed by atoms with Crippen LogP contribution >= 0.6 is 11.6 Å². The van der Waals surface area contributed by atoms with Gasteiger partial charge in [-0.05, 0) is 43.2 Å². The first-order chi connectivity index (χ1) is 11.9. The highest BCUT2D eigenvalue weighted by molar-refractivity contribution is 6.30. The Bertz CT molecular complexity index is 995. The van der Waals surface area contributed by atoms with Crippen LogP contribution in [0.25, 0.3) is 5.65 Å². The summed E-state index contributed by atoms with van der Waals surface area (Å²) < 4.78 is 1.65. The molecule has 3 aromatic rings. The molecule has 0 unspecified atom stereocenters. The molecule has 0 aliphatic rings. The monoisotopic (exact) mass is 357 g/mol. The molecule has 1 amide bonds. The lowest BCUT2D eigenvalue weighted by molar-refractivity contribution is 0.0696. The van der Waals surface area contributed by atoms with Gasteiger partial charge in [-0.2, -0.15) is 0 Å². The first-order valence-corrected chi connectivity index (χ1v) is 8.10. The van der Waals surface area contributed by atoms with Gasteiger partial charge >= 0.3 is 5.97 Å². The molecule has 0 bridgehead atoms. The number of aryl methyl sites for hydroxylation is 2. The number of carbonyl (C=O) groups excluding carboxylic acids is 1. The molecule has 2 aromatic heterocycles. The zero-order chi connectivity index (χ0) is 18.1. The van der Waals surface area contributed by atoms with Crippen LogP contribution in [0.5, 0.6) is 0 Å². The minimum absolute atomic E-state index is 0.109. The van der Waals surface area contributed by atoms with Gasteiger partial charge < -0.3 is 10.4 Å². The number of hydrogen-bond acceptors (Lipinski definition) is 3. The number of nitrogens with zero attached hydrogens (tertiary/aromatic N) is 2. The molecule has 0 saturated heterocycles. The molecule has 0 atom stereocenters. The van der Waals surface area contributed by atoms with E-state index in [2.05, 4.69) is 10.3 Å². The Labute approximate surface area is 149 Å². The van der Waals surface area contributed by atoms with Gasteiger partial charge in [0.15, 0.2) is 0 Å². The maximum absolute atomic E-state index is 12.9. The molecular weight excluding hydrogens is 342 g/mol. The van der Waals surface area contributed by atoms with Crippen LogP contribution in [0, 0.1) is 6.92 Å². The van der Waals surface area contributed by atoms with Crippen molar-refractivity contribution >= 4 is 34.8 Å². The molecule has 128 valence electrons. The van der Waals surface area contributed by atoms with Crippen LogP contribution in [0.2, 0.25) is 5.02 Å². The highest BCUT2D eigenvalue weighted by Crippen LogP contribution is 2.21. The molecule has 7 heteroatoms. The van der Waals surface area contributed by atoms with Crippen molar-refractivity contribution in [3.63, 3.8) is 0 Å². The quantitative estimate of drug-likeness (QED) is 0.743. The predicted molar refractivity (Wildman–Crippen MR) is 95.7 cm³/mol. The van der Waals surface area contributed by atoms with Crippen LogP contribution in [0.15, 0.2) is 36.5 Å². The summed E-state index contributed by atoms with van der Waals surface area (Å²) in [6.07, 6.45) is 2.22. The van der Waals surface area contributed by atoms with Gasteiger partial charge in [-0.1, -0.05) is 24.6 Å². The molecule has 0 fully saturated rings. The molecule has 2 N–H and O–H groups in total. The summed E-state index contributed by atoms with van der Waals surface area (Å²) in [6, 6.07) is 8.06. The van der Waals surface area contributed by atoms with E-state index in [1.54, 1.807) is 35.7 Å². The molecule has 0 spiro atoms. The zero-order valence-corrected chi connectivity index (χ0v) is 14.5. The van der Waals surface area contributed by atoms with Gasteiger partial charge in [-0.3, -0.25) is 9.20 Å². The number of rotatable bonds is 4. The molecule has 0 radical (unpaired) electrons. The SMILES string of the molecule is CCc1nc2ccc(Cl)cn2c1C(=O)Nc1cc(C(=O)O)ccc1C. The molecule has 1 aromatic carbocycles. The number of pyridine rings is 1. The van der Waals surface area contributed by atoms with Gasteiger partial charge in [0.25, 0.3) is 5.91 Å². The lowest BCUT2D eigenvalue weighted by atomic mass is 10.1. The van der Waals surface area contributed by atoms with E-state index in [1.807, 2.05) is 6.92 Å². The summed E-state index contributed by atoms with van der Waals surface area (Å²) in [4.78, 5) is 28.5. The molecule has 0 saturated carbocycles. The summed E-state index contributed by atoms with van der Waals surface area (Å²) in [7, 11) is 0. The lowest BCUT2D eigenvalue weighted by Gasteiger charge is -2.10. The van der Waals surface area contributed by atoms with Crippen molar-refractivity contribution in [3.8, 4) is 0 Å². The highest BCUT2D eigenvalue weighted by atomic mass is 35.5. The first kappa shape index (κ1) is 17.0. The van der Waals surface area contributed by atoms with E-state index in [9.17, 15) is 9.59 Å². The van der Waals surface area contributed by atoms with Crippen molar-refractivity contribution in [2.75, 3.05) is 5.32 Å². The Kier molecular flexibility index (Phi) is 4.46. The highest BCUT2D eigenvalue weighted by Gasteiger charge is 2.19. The molecule has 25 heavy (non-hydrogen) atoms. The third kappa shape index (κ3) is 3.21. The van der Waals surface area contributed by atoms with Crippen molar-refractivity contribution in [2.24, 2.45) is 0 Å². The van der Waals surface area contributed by atoms with Crippen LogP contribution in [0.1, 0.15) is 39.0 Å². The number of benzene rings is 1. The van der Waals surface area contributed by atoms with Crippen molar-refractivity contribution in [1.82, 2.24) is 9.38 Å². The maximum atomic E-state index is 12.9. The minimum atomic E-state index is -1.05. The van der Waals surface area contributed by atoms with Crippen LogP contribution in [0.3, 0.4) is 0 Å². The lowest BCUT2D eigenvalue weighted by Crippen LogP contribution is -2.17. The van der Waals surface area contributed by atoms with Crippen molar-refractivity contribution in [3.05, 3.63) is 64.1 Å². The largest absolute Gasteiger partial charge is 0.478 e. The molecule has 2 heterocycles. The fourth-order valence-electron chi connectivity index (χ4n) is 2.63. The number of hydrogen-bond donors (Lipinski definition) is 2. The van der Waals surface area contributed by atoms with Gasteiger partial charge in [0.2, 0.25) is 0 Å². The summed E-state index contributed by atoms with van der Waals surface area (Å²) >= 11 is 6.04.